The van der Waals surface area contributed by atoms with Gasteiger partial charge in [-0.25, -0.2) is 0 Å². The Balaban J connectivity index is 1.84. The van der Waals surface area contributed by atoms with E-state index in [1.807, 2.05) is 0 Å². The van der Waals surface area contributed by atoms with Crippen LogP contribution in [-0.4, -0.2) is 11.5 Å². The van der Waals surface area contributed by atoms with Crippen LogP contribution in [0.4, 0.5) is 0 Å². The van der Waals surface area contributed by atoms with E-state index >= 15 is 0 Å². The van der Waals surface area contributed by atoms with E-state index in [2.05, 4.69) is 36.0 Å². The maximum Gasteiger partial charge on any atom is 0.0411 e. The van der Waals surface area contributed by atoms with Crippen molar-refractivity contribution in [1.29, 1.82) is 0 Å². The smallest absolute Gasteiger partial charge is 0.0411 e. The molecule has 0 aromatic heterocycles. The van der Waals surface area contributed by atoms with Gasteiger partial charge in [0.15, 0.2) is 0 Å². The number of rotatable bonds is 2. The number of hydrogen-bond donors (Lipinski definition) is 1. The standard InChI is InChI=1S/C14H19NS/c15-14(6-7-14)13-3-1-2-12(10-13)11-4-8-16-9-5-11/h1-3,10-11H,4-9,15H2. The molecule has 0 spiro atoms. The van der Waals surface area contributed by atoms with E-state index in [0.29, 0.717) is 0 Å². The van der Waals surface area contributed by atoms with Crippen LogP contribution in [0, 0.1) is 0 Å². The molecule has 1 aliphatic carbocycles. The Kier molecular flexibility index (Phi) is 2.72. The molecule has 0 unspecified atom stereocenters. The predicted molar refractivity (Wildman–Crippen MR) is 70.8 cm³/mol. The summed E-state index contributed by atoms with van der Waals surface area (Å²) in [5.41, 5.74) is 9.18. The largest absolute Gasteiger partial charge is 0.321 e. The summed E-state index contributed by atoms with van der Waals surface area (Å²) in [6.07, 6.45) is 5.01. The Morgan fingerprint density at radius 3 is 2.62 bits per heavy atom. The van der Waals surface area contributed by atoms with Crippen LogP contribution in [0.5, 0.6) is 0 Å². The molecule has 0 amide bonds. The van der Waals surface area contributed by atoms with Crippen LogP contribution in [0.15, 0.2) is 24.3 Å². The van der Waals surface area contributed by atoms with Gasteiger partial charge in [0.25, 0.3) is 0 Å². The third-order valence-corrected chi connectivity index (χ3v) is 4.99. The summed E-state index contributed by atoms with van der Waals surface area (Å²) < 4.78 is 0. The van der Waals surface area contributed by atoms with Crippen molar-refractivity contribution in [2.45, 2.75) is 37.1 Å². The highest BCUT2D eigenvalue weighted by molar-refractivity contribution is 7.99. The van der Waals surface area contributed by atoms with E-state index in [1.165, 1.54) is 35.5 Å². The minimum atomic E-state index is 0.0272. The number of nitrogens with two attached hydrogens (primary N) is 1. The van der Waals surface area contributed by atoms with Crippen molar-refractivity contribution < 1.29 is 0 Å². The first-order chi connectivity index (χ1) is 7.78. The zero-order chi connectivity index (χ0) is 11.0. The van der Waals surface area contributed by atoms with Gasteiger partial charge in [-0.3, -0.25) is 0 Å². The summed E-state index contributed by atoms with van der Waals surface area (Å²) in [5.74, 6) is 3.43. The minimum absolute atomic E-state index is 0.0272. The lowest BCUT2D eigenvalue weighted by Gasteiger charge is -2.23. The Bertz CT molecular complexity index is 378. The molecular formula is C14H19NS. The van der Waals surface area contributed by atoms with Crippen molar-refractivity contribution in [2.75, 3.05) is 11.5 Å². The zero-order valence-electron chi connectivity index (χ0n) is 9.61. The molecule has 16 heavy (non-hydrogen) atoms. The molecule has 1 saturated heterocycles. The summed E-state index contributed by atoms with van der Waals surface area (Å²) >= 11 is 2.09. The second kappa shape index (κ2) is 4.08. The van der Waals surface area contributed by atoms with Crippen LogP contribution in [0.2, 0.25) is 0 Å². The number of thioether (sulfide) groups is 1. The highest BCUT2D eigenvalue weighted by Crippen LogP contribution is 2.43. The lowest BCUT2D eigenvalue weighted by molar-refractivity contribution is 0.633. The fourth-order valence-electron chi connectivity index (χ4n) is 2.56. The van der Waals surface area contributed by atoms with Gasteiger partial charge in [0.05, 0.1) is 0 Å². The van der Waals surface area contributed by atoms with E-state index in [4.69, 9.17) is 5.73 Å². The molecular weight excluding hydrogens is 214 g/mol. The number of benzene rings is 1. The van der Waals surface area contributed by atoms with Gasteiger partial charge >= 0.3 is 0 Å². The third kappa shape index (κ3) is 2.01. The molecule has 1 nitrogen and oxygen atoms in total. The van der Waals surface area contributed by atoms with E-state index in [9.17, 15) is 0 Å². The average Bonchev–Trinajstić information content (AvgIpc) is 3.10. The molecule has 2 N–H and O–H groups in total. The number of hydrogen-bond acceptors (Lipinski definition) is 2. The molecule has 1 saturated carbocycles. The molecule has 1 aromatic carbocycles. The second-order valence-electron chi connectivity index (χ2n) is 5.17. The van der Waals surface area contributed by atoms with Crippen molar-refractivity contribution in [2.24, 2.45) is 5.73 Å². The first-order valence-corrected chi connectivity index (χ1v) is 7.40. The van der Waals surface area contributed by atoms with Crippen molar-refractivity contribution in [3.05, 3.63) is 35.4 Å². The predicted octanol–water partition coefficient (Wildman–Crippen LogP) is 3.25. The first kappa shape index (κ1) is 10.7. The Hall–Kier alpha value is -0.470. The fraction of sp³-hybridized carbons (Fsp3) is 0.571. The van der Waals surface area contributed by atoms with Crippen molar-refractivity contribution >= 4 is 11.8 Å². The average molecular weight is 233 g/mol. The molecule has 1 aromatic rings. The summed E-state index contributed by atoms with van der Waals surface area (Å²) in [5, 5.41) is 0. The Morgan fingerprint density at radius 2 is 1.94 bits per heavy atom. The van der Waals surface area contributed by atoms with E-state index < -0.39 is 0 Å². The lowest BCUT2D eigenvalue weighted by Crippen LogP contribution is -2.19. The highest BCUT2D eigenvalue weighted by atomic mass is 32.2. The zero-order valence-corrected chi connectivity index (χ0v) is 10.4. The maximum atomic E-state index is 6.26. The third-order valence-electron chi connectivity index (χ3n) is 3.94. The highest BCUT2D eigenvalue weighted by Gasteiger charge is 2.40. The van der Waals surface area contributed by atoms with Gasteiger partial charge in [-0.15, -0.1) is 0 Å². The van der Waals surface area contributed by atoms with E-state index in [0.717, 1.165) is 18.8 Å². The van der Waals surface area contributed by atoms with Crippen LogP contribution in [0.25, 0.3) is 0 Å². The summed E-state index contributed by atoms with van der Waals surface area (Å²) in [6, 6.07) is 9.05. The van der Waals surface area contributed by atoms with Gasteiger partial charge in [-0.1, -0.05) is 24.3 Å². The van der Waals surface area contributed by atoms with Gasteiger partial charge < -0.3 is 5.73 Å². The molecule has 2 fully saturated rings. The summed E-state index contributed by atoms with van der Waals surface area (Å²) in [6.45, 7) is 0. The maximum absolute atomic E-state index is 6.26. The molecule has 2 aliphatic rings. The molecule has 0 atom stereocenters. The Morgan fingerprint density at radius 1 is 1.19 bits per heavy atom. The quantitative estimate of drug-likeness (QED) is 0.848. The summed E-state index contributed by atoms with van der Waals surface area (Å²) in [4.78, 5) is 0. The molecule has 0 radical (unpaired) electrons. The second-order valence-corrected chi connectivity index (χ2v) is 6.39. The van der Waals surface area contributed by atoms with Crippen LogP contribution in [-0.2, 0) is 5.54 Å². The van der Waals surface area contributed by atoms with Crippen LogP contribution < -0.4 is 5.73 Å². The lowest BCUT2D eigenvalue weighted by atomic mass is 9.91. The van der Waals surface area contributed by atoms with Gasteiger partial charge in [0.1, 0.15) is 0 Å². The van der Waals surface area contributed by atoms with Crippen LogP contribution in [0.1, 0.15) is 42.7 Å². The van der Waals surface area contributed by atoms with Gasteiger partial charge in [0, 0.05) is 5.54 Å². The molecule has 2 heteroatoms. The first-order valence-electron chi connectivity index (χ1n) is 6.25. The molecule has 1 heterocycles. The van der Waals surface area contributed by atoms with Gasteiger partial charge in [-0.05, 0) is 54.2 Å². The molecule has 1 aliphatic heterocycles. The van der Waals surface area contributed by atoms with Crippen molar-refractivity contribution in [1.82, 2.24) is 0 Å². The van der Waals surface area contributed by atoms with Gasteiger partial charge in [-0.2, -0.15) is 11.8 Å². The minimum Gasteiger partial charge on any atom is -0.321 e. The normalized spacial score (nSPS) is 24.3. The molecule has 3 rings (SSSR count). The fourth-order valence-corrected chi connectivity index (χ4v) is 3.66. The molecule has 0 bridgehead atoms. The Labute approximate surface area is 102 Å². The van der Waals surface area contributed by atoms with Crippen LogP contribution >= 0.6 is 11.8 Å². The van der Waals surface area contributed by atoms with Crippen molar-refractivity contribution in [3.8, 4) is 0 Å². The summed E-state index contributed by atoms with van der Waals surface area (Å²) in [7, 11) is 0. The molecule has 86 valence electrons. The van der Waals surface area contributed by atoms with Crippen LogP contribution in [0.3, 0.4) is 0 Å². The van der Waals surface area contributed by atoms with E-state index in [-0.39, 0.29) is 5.54 Å². The van der Waals surface area contributed by atoms with E-state index in [1.54, 1.807) is 0 Å². The SMILES string of the molecule is NC1(c2cccc(C3CCSCC3)c2)CC1. The monoisotopic (exact) mass is 233 g/mol. The van der Waals surface area contributed by atoms with Gasteiger partial charge in [0.2, 0.25) is 0 Å². The van der Waals surface area contributed by atoms with Crippen molar-refractivity contribution in [3.63, 3.8) is 0 Å². The topological polar surface area (TPSA) is 26.0 Å².